The second-order valence-corrected chi connectivity index (χ2v) is 4.20. The summed E-state index contributed by atoms with van der Waals surface area (Å²) < 4.78 is 5.20. The molecule has 0 fully saturated rings. The molecule has 0 spiro atoms. The average molecular weight is 240 g/mol. The zero-order valence-corrected chi connectivity index (χ0v) is 9.96. The first-order valence-electron chi connectivity index (χ1n) is 5.76. The topological polar surface area (TPSA) is 51.0 Å². The fourth-order valence-electron chi connectivity index (χ4n) is 2.23. The number of benzene rings is 1. The lowest BCUT2D eigenvalue weighted by Gasteiger charge is -2.17. The van der Waals surface area contributed by atoms with Gasteiger partial charge < -0.3 is 4.74 Å². The highest BCUT2D eigenvalue weighted by atomic mass is 16.5. The molecule has 0 saturated carbocycles. The van der Waals surface area contributed by atoms with Gasteiger partial charge >= 0.3 is 0 Å². The van der Waals surface area contributed by atoms with Crippen molar-refractivity contribution >= 4 is 18.2 Å². The standard InChI is InChI=1S/C14H12N2O2/c1-18-10-4-2-3-9(7-10)13-14-11(5-6-15-14)12(17)8-16-13/h2-4,6-8,13H,5H2,1H3. The minimum atomic E-state index is -0.188. The summed E-state index contributed by atoms with van der Waals surface area (Å²) in [6, 6.07) is 7.51. The largest absolute Gasteiger partial charge is 0.497 e. The van der Waals surface area contributed by atoms with Crippen LogP contribution in [0, 0.1) is 0 Å². The fourth-order valence-corrected chi connectivity index (χ4v) is 2.23. The Morgan fingerprint density at radius 2 is 2.28 bits per heavy atom. The van der Waals surface area contributed by atoms with Crippen LogP contribution < -0.4 is 4.74 Å². The number of hydrogen-bond donors (Lipinski definition) is 0. The van der Waals surface area contributed by atoms with E-state index in [1.165, 1.54) is 6.21 Å². The molecule has 1 aromatic rings. The summed E-state index contributed by atoms with van der Waals surface area (Å²) in [5, 5.41) is 0. The van der Waals surface area contributed by atoms with Crippen LogP contribution in [0.4, 0.5) is 0 Å². The zero-order chi connectivity index (χ0) is 12.5. The predicted octanol–water partition coefficient (Wildman–Crippen LogP) is 2.12. The minimum absolute atomic E-state index is 0.0263. The van der Waals surface area contributed by atoms with Gasteiger partial charge in [0.25, 0.3) is 0 Å². The molecule has 4 heteroatoms. The van der Waals surface area contributed by atoms with Crippen LogP contribution in [0.1, 0.15) is 18.0 Å². The molecule has 3 rings (SSSR count). The number of rotatable bonds is 2. The Labute approximate surface area is 105 Å². The van der Waals surface area contributed by atoms with Crippen LogP contribution in [0.3, 0.4) is 0 Å². The minimum Gasteiger partial charge on any atom is -0.497 e. The number of allylic oxidation sites excluding steroid dienone is 1. The van der Waals surface area contributed by atoms with Crippen LogP contribution >= 0.6 is 0 Å². The van der Waals surface area contributed by atoms with E-state index in [0.717, 1.165) is 22.6 Å². The number of hydrogen-bond acceptors (Lipinski definition) is 4. The first kappa shape index (κ1) is 10.9. The highest BCUT2D eigenvalue weighted by Crippen LogP contribution is 2.36. The molecule has 2 heterocycles. The Hall–Kier alpha value is -2.23. The Morgan fingerprint density at radius 1 is 1.39 bits per heavy atom. The van der Waals surface area contributed by atoms with E-state index in [2.05, 4.69) is 9.98 Å². The lowest BCUT2D eigenvalue weighted by Crippen LogP contribution is -2.14. The molecule has 0 bridgehead atoms. The van der Waals surface area contributed by atoms with Crippen molar-refractivity contribution in [2.75, 3.05) is 7.11 Å². The molecule has 18 heavy (non-hydrogen) atoms. The van der Waals surface area contributed by atoms with Gasteiger partial charge in [0.15, 0.2) is 0 Å². The van der Waals surface area contributed by atoms with Gasteiger partial charge in [0.1, 0.15) is 11.8 Å². The third-order valence-electron chi connectivity index (χ3n) is 3.14. The van der Waals surface area contributed by atoms with Gasteiger partial charge in [0.05, 0.1) is 19.0 Å². The first-order valence-corrected chi connectivity index (χ1v) is 5.76. The molecule has 2 aliphatic heterocycles. The summed E-state index contributed by atoms with van der Waals surface area (Å²) in [6.07, 6.45) is 3.78. The normalized spacial score (nSPS) is 21.4. The molecule has 0 N–H and O–H groups in total. The van der Waals surface area contributed by atoms with E-state index in [-0.39, 0.29) is 11.8 Å². The molecule has 0 saturated heterocycles. The number of methoxy groups -OCH3 is 1. The van der Waals surface area contributed by atoms with Crippen molar-refractivity contribution in [2.24, 2.45) is 9.98 Å². The van der Waals surface area contributed by atoms with E-state index in [9.17, 15) is 4.79 Å². The van der Waals surface area contributed by atoms with E-state index in [1.54, 1.807) is 13.3 Å². The van der Waals surface area contributed by atoms with Crippen molar-refractivity contribution in [1.29, 1.82) is 0 Å². The van der Waals surface area contributed by atoms with Crippen LogP contribution in [0.15, 0.2) is 45.5 Å². The van der Waals surface area contributed by atoms with Crippen LogP contribution in [0.5, 0.6) is 5.75 Å². The summed E-state index contributed by atoms with van der Waals surface area (Å²) in [5.41, 5.74) is 2.53. The molecule has 90 valence electrons. The van der Waals surface area contributed by atoms with Crippen molar-refractivity contribution < 1.29 is 9.53 Å². The van der Waals surface area contributed by atoms with Gasteiger partial charge in [-0.25, -0.2) is 0 Å². The average Bonchev–Trinajstić information content (AvgIpc) is 2.89. The van der Waals surface area contributed by atoms with Crippen LogP contribution in [-0.4, -0.2) is 25.3 Å². The van der Waals surface area contributed by atoms with E-state index in [1.807, 2.05) is 24.3 Å². The summed E-state index contributed by atoms with van der Waals surface area (Å²) in [7, 11) is 1.63. The number of aliphatic imine (C=N–C) groups is 2. The van der Waals surface area contributed by atoms with Gasteiger partial charge in [-0.2, -0.15) is 0 Å². The van der Waals surface area contributed by atoms with E-state index in [4.69, 9.17) is 4.74 Å². The molecule has 1 unspecified atom stereocenters. The highest BCUT2D eigenvalue weighted by molar-refractivity contribution is 6.37. The summed E-state index contributed by atoms with van der Waals surface area (Å²) in [5.74, 6) is 0.755. The van der Waals surface area contributed by atoms with Crippen LogP contribution in [0.25, 0.3) is 0 Å². The Balaban J connectivity index is 2.03. The van der Waals surface area contributed by atoms with Gasteiger partial charge in [-0.1, -0.05) is 12.1 Å². The zero-order valence-electron chi connectivity index (χ0n) is 9.96. The maximum Gasteiger partial charge on any atom is 0.201 e. The number of carbonyl (C=O) groups excluding carboxylic acids is 1. The number of nitrogens with zero attached hydrogens (tertiary/aromatic N) is 2. The van der Waals surface area contributed by atoms with Gasteiger partial charge in [-0.3, -0.25) is 14.8 Å². The van der Waals surface area contributed by atoms with E-state index < -0.39 is 0 Å². The van der Waals surface area contributed by atoms with E-state index in [0.29, 0.717) is 6.42 Å². The molecule has 1 aromatic carbocycles. The molecule has 0 amide bonds. The maximum absolute atomic E-state index is 11.7. The number of ketones is 1. The molecule has 4 nitrogen and oxygen atoms in total. The Kier molecular flexibility index (Phi) is 2.55. The van der Waals surface area contributed by atoms with Crippen LogP contribution in [0.2, 0.25) is 0 Å². The predicted molar refractivity (Wildman–Crippen MR) is 69.4 cm³/mol. The number of Topliss-reactive ketones (excluding diaryl/α,β-unsaturated/α-hetero) is 1. The molecule has 0 aromatic heterocycles. The second-order valence-electron chi connectivity index (χ2n) is 4.20. The summed E-state index contributed by atoms with van der Waals surface area (Å²) >= 11 is 0. The molecule has 1 atom stereocenters. The van der Waals surface area contributed by atoms with Gasteiger partial charge in [-0.05, 0) is 17.7 Å². The van der Waals surface area contributed by atoms with Crippen molar-refractivity contribution in [3.05, 3.63) is 41.1 Å². The smallest absolute Gasteiger partial charge is 0.201 e. The lowest BCUT2D eigenvalue weighted by molar-refractivity contribution is -0.109. The van der Waals surface area contributed by atoms with Gasteiger partial charge in [-0.15, -0.1) is 0 Å². The van der Waals surface area contributed by atoms with Gasteiger partial charge in [0.2, 0.25) is 5.78 Å². The second kappa shape index (κ2) is 4.22. The number of carbonyl (C=O) groups is 1. The molecule has 2 aliphatic rings. The molecular formula is C14H12N2O2. The van der Waals surface area contributed by atoms with Gasteiger partial charge in [0, 0.05) is 18.2 Å². The third-order valence-corrected chi connectivity index (χ3v) is 3.14. The highest BCUT2D eigenvalue weighted by Gasteiger charge is 2.28. The third kappa shape index (κ3) is 1.66. The Bertz CT molecular complexity index is 600. The van der Waals surface area contributed by atoms with Crippen molar-refractivity contribution in [3.8, 4) is 5.75 Å². The number of ether oxygens (including phenoxy) is 1. The molecule has 0 aliphatic carbocycles. The maximum atomic E-state index is 11.7. The van der Waals surface area contributed by atoms with Crippen molar-refractivity contribution in [3.63, 3.8) is 0 Å². The first-order chi connectivity index (χ1) is 8.79. The number of dihydropyridines is 1. The molecule has 0 radical (unpaired) electrons. The van der Waals surface area contributed by atoms with Crippen molar-refractivity contribution in [2.45, 2.75) is 12.5 Å². The fraction of sp³-hybridized carbons (Fsp3) is 0.214. The summed E-state index contributed by atoms with van der Waals surface area (Å²) in [6.45, 7) is 0. The van der Waals surface area contributed by atoms with Crippen LogP contribution in [-0.2, 0) is 4.79 Å². The van der Waals surface area contributed by atoms with E-state index >= 15 is 0 Å². The lowest BCUT2D eigenvalue weighted by atomic mass is 9.96. The van der Waals surface area contributed by atoms with Crippen molar-refractivity contribution in [1.82, 2.24) is 0 Å². The quantitative estimate of drug-likeness (QED) is 0.795. The Morgan fingerprint density at radius 3 is 3.11 bits per heavy atom. The SMILES string of the molecule is COc1cccc(C2N=CC(=O)C3=C2N=CC3)c1. The monoisotopic (exact) mass is 240 g/mol. The molecular weight excluding hydrogens is 228 g/mol. The summed E-state index contributed by atoms with van der Waals surface area (Å²) in [4.78, 5) is 20.3.